The Morgan fingerprint density at radius 2 is 1.41 bits per heavy atom. The van der Waals surface area contributed by atoms with E-state index in [9.17, 15) is 0 Å². The molecule has 5 heteroatoms. The first kappa shape index (κ1) is 38.1. The lowest BCUT2D eigenvalue weighted by molar-refractivity contribution is 0.425. The maximum Gasteiger partial charge on any atom is 0.131 e. The summed E-state index contributed by atoms with van der Waals surface area (Å²) in [5.41, 5.74) is 17.1. The van der Waals surface area contributed by atoms with Gasteiger partial charge in [0.25, 0.3) is 0 Å². The summed E-state index contributed by atoms with van der Waals surface area (Å²) in [6, 6.07) is 47.4. The summed E-state index contributed by atoms with van der Waals surface area (Å²) in [6.07, 6.45) is 26.4. The van der Waals surface area contributed by atoms with E-state index < -0.39 is 0 Å². The predicted octanol–water partition coefficient (Wildman–Crippen LogP) is 12.3. The summed E-state index contributed by atoms with van der Waals surface area (Å²) in [7, 11) is 0. The SMILES string of the molecule is N=C/C(=C1\NC(c2ccccc2)=C(C2=CC=C(C3N=C(c4ccc(C5C=CC=CC5)cc4)NC(c4ccc(C5=CCCC=C5)cc4)N3)CC2)c2ccccc21)c1ccccc1. The molecule has 3 unspecified atom stereocenters. The minimum absolute atomic E-state index is 0.125. The van der Waals surface area contributed by atoms with Crippen LogP contribution in [0.4, 0.5) is 0 Å². The van der Waals surface area contributed by atoms with Crippen molar-refractivity contribution in [2.24, 2.45) is 4.99 Å². The van der Waals surface area contributed by atoms with Crippen LogP contribution in [0.5, 0.6) is 0 Å². The second-order valence-electron chi connectivity index (χ2n) is 16.2. The molecule has 0 bridgehead atoms. The van der Waals surface area contributed by atoms with Gasteiger partial charge in [0.05, 0.1) is 11.4 Å². The third kappa shape index (κ3) is 7.88. The lowest BCUT2D eigenvalue weighted by atomic mass is 9.81. The van der Waals surface area contributed by atoms with Crippen LogP contribution in [-0.2, 0) is 0 Å². The molecule has 5 nitrogen and oxygen atoms in total. The lowest BCUT2D eigenvalue weighted by Crippen LogP contribution is -2.49. The standard InChI is InChI=1S/C56H49N5/c57-37-50(42-19-9-3-10-20-42)53-49-24-14-13-23-48(49)51(52(58-53)44-21-11-4-12-22-44)43-29-35-47(36-30-43)56-60-54(45-31-25-40(26-32-45)38-15-5-1-6-16-38)59-55(61-56)46-33-27-41(28-34-46)39-17-7-2-8-18-39/h1,3-7,9-15,17-29,31-35,37-38,55-58,61H,2,8,16,30,36H2,(H,59,60)/b53-50+,57-37?. The zero-order valence-electron chi connectivity index (χ0n) is 34.2. The Kier molecular flexibility index (Phi) is 10.8. The van der Waals surface area contributed by atoms with E-state index in [1.165, 1.54) is 50.8 Å². The first-order chi connectivity index (χ1) is 30.2. The molecule has 0 fully saturated rings. The molecule has 10 rings (SSSR count). The average Bonchev–Trinajstić information content (AvgIpc) is 3.35. The van der Waals surface area contributed by atoms with E-state index in [0.29, 0.717) is 5.92 Å². The van der Waals surface area contributed by atoms with Crippen LogP contribution < -0.4 is 16.0 Å². The summed E-state index contributed by atoms with van der Waals surface area (Å²) in [4.78, 5) is 5.39. The van der Waals surface area contributed by atoms with Crippen LogP contribution in [0, 0.1) is 5.41 Å². The van der Waals surface area contributed by atoms with Crippen molar-refractivity contribution in [3.05, 3.63) is 244 Å². The van der Waals surface area contributed by atoms with Crippen molar-refractivity contribution in [2.75, 3.05) is 0 Å². The van der Waals surface area contributed by atoms with Gasteiger partial charge in [-0.2, -0.15) is 0 Å². The zero-order valence-corrected chi connectivity index (χ0v) is 34.2. The van der Waals surface area contributed by atoms with Gasteiger partial charge < -0.3 is 16.0 Å². The summed E-state index contributed by atoms with van der Waals surface area (Å²) in [6.45, 7) is 0. The largest absolute Gasteiger partial charge is 0.353 e. The maximum atomic E-state index is 8.56. The van der Waals surface area contributed by atoms with Crippen LogP contribution in [0.1, 0.15) is 88.7 Å². The Bertz CT molecular complexity index is 2740. The Hall–Kier alpha value is -7.08. The number of aliphatic imine (C=N–C) groups is 1. The van der Waals surface area contributed by atoms with Crippen LogP contribution in [0.25, 0.3) is 28.1 Å². The van der Waals surface area contributed by atoms with Gasteiger partial charge in [0.2, 0.25) is 0 Å². The molecule has 2 aliphatic heterocycles. The second kappa shape index (κ2) is 17.3. The fourth-order valence-corrected chi connectivity index (χ4v) is 9.16. The molecular weight excluding hydrogens is 743 g/mol. The first-order valence-electron chi connectivity index (χ1n) is 21.6. The summed E-state index contributed by atoms with van der Waals surface area (Å²) in [5, 5.41) is 20.1. The normalized spacial score (nSPS) is 21.5. The summed E-state index contributed by atoms with van der Waals surface area (Å²) < 4.78 is 0. The summed E-state index contributed by atoms with van der Waals surface area (Å²) >= 11 is 0. The van der Waals surface area contributed by atoms with Crippen molar-refractivity contribution in [1.29, 1.82) is 5.41 Å². The molecule has 0 amide bonds. The van der Waals surface area contributed by atoms with Gasteiger partial charge in [0, 0.05) is 34.4 Å². The van der Waals surface area contributed by atoms with E-state index >= 15 is 0 Å². The molecule has 0 saturated heterocycles. The smallest absolute Gasteiger partial charge is 0.131 e. The van der Waals surface area contributed by atoms with Crippen molar-refractivity contribution >= 4 is 40.2 Å². The molecule has 5 aliphatic rings. The van der Waals surface area contributed by atoms with E-state index in [-0.39, 0.29) is 12.3 Å². The van der Waals surface area contributed by atoms with Crippen LogP contribution in [0.3, 0.4) is 0 Å². The van der Waals surface area contributed by atoms with Crippen molar-refractivity contribution in [3.63, 3.8) is 0 Å². The van der Waals surface area contributed by atoms with Gasteiger partial charge in [-0.25, -0.2) is 4.99 Å². The Labute approximate surface area is 359 Å². The van der Waals surface area contributed by atoms with Gasteiger partial charge >= 0.3 is 0 Å². The van der Waals surface area contributed by atoms with Crippen LogP contribution in [-0.4, -0.2) is 18.2 Å². The number of nitrogens with zero attached hydrogens (tertiary/aromatic N) is 1. The molecule has 5 aromatic rings. The van der Waals surface area contributed by atoms with Crippen LogP contribution in [0.2, 0.25) is 0 Å². The fourth-order valence-electron chi connectivity index (χ4n) is 9.16. The molecular formula is C56H49N5. The van der Waals surface area contributed by atoms with Crippen LogP contribution in [0.15, 0.2) is 204 Å². The maximum absolute atomic E-state index is 8.56. The molecule has 61 heavy (non-hydrogen) atoms. The van der Waals surface area contributed by atoms with Crippen LogP contribution >= 0.6 is 0 Å². The Morgan fingerprint density at radius 1 is 0.672 bits per heavy atom. The number of fused-ring (bicyclic) bond motifs is 1. The van der Waals surface area contributed by atoms with Crippen molar-refractivity contribution < 1.29 is 0 Å². The van der Waals surface area contributed by atoms with Gasteiger partial charge in [-0.15, -0.1) is 0 Å². The highest BCUT2D eigenvalue weighted by Crippen LogP contribution is 2.44. The van der Waals surface area contributed by atoms with Gasteiger partial charge in [0.1, 0.15) is 18.2 Å². The fraction of sp³-hybridized carbons (Fsp3) is 0.143. The number of allylic oxidation sites excluding steroid dienone is 13. The highest BCUT2D eigenvalue weighted by Gasteiger charge is 2.31. The number of amidine groups is 1. The van der Waals surface area contributed by atoms with E-state index in [0.717, 1.165) is 77.2 Å². The van der Waals surface area contributed by atoms with Gasteiger partial charge in [-0.1, -0.05) is 188 Å². The van der Waals surface area contributed by atoms with E-state index in [1.807, 2.05) is 18.2 Å². The highest BCUT2D eigenvalue weighted by atomic mass is 15.3. The molecule has 3 aliphatic carbocycles. The Balaban J connectivity index is 1.02. The zero-order chi connectivity index (χ0) is 41.0. The molecule has 3 atom stereocenters. The monoisotopic (exact) mass is 791 g/mol. The van der Waals surface area contributed by atoms with Crippen molar-refractivity contribution in [1.82, 2.24) is 16.0 Å². The number of nitrogens with one attached hydrogen (secondary N) is 4. The quantitative estimate of drug-likeness (QED) is 0.112. The molecule has 0 saturated carbocycles. The number of rotatable bonds is 9. The molecule has 0 aromatic heterocycles. The molecule has 2 heterocycles. The predicted molar refractivity (Wildman–Crippen MR) is 254 cm³/mol. The van der Waals surface area contributed by atoms with Crippen molar-refractivity contribution in [2.45, 2.75) is 50.4 Å². The third-order valence-corrected chi connectivity index (χ3v) is 12.4. The highest BCUT2D eigenvalue weighted by molar-refractivity contribution is 6.21. The summed E-state index contributed by atoms with van der Waals surface area (Å²) in [5.74, 6) is 1.30. The first-order valence-corrected chi connectivity index (χ1v) is 21.6. The van der Waals surface area contributed by atoms with Gasteiger partial charge in [-0.3, -0.25) is 5.32 Å². The van der Waals surface area contributed by atoms with E-state index in [4.69, 9.17) is 10.4 Å². The number of hydrogen-bond donors (Lipinski definition) is 4. The molecule has 0 radical (unpaired) electrons. The molecule has 0 spiro atoms. The molecule has 4 N–H and O–H groups in total. The average molecular weight is 792 g/mol. The minimum Gasteiger partial charge on any atom is -0.353 e. The number of benzene rings is 5. The lowest BCUT2D eigenvalue weighted by Gasteiger charge is -2.35. The van der Waals surface area contributed by atoms with E-state index in [1.54, 1.807) is 0 Å². The molecule has 5 aromatic carbocycles. The Morgan fingerprint density at radius 3 is 2.11 bits per heavy atom. The second-order valence-corrected chi connectivity index (χ2v) is 16.2. The third-order valence-electron chi connectivity index (χ3n) is 12.4. The minimum atomic E-state index is -0.205. The van der Waals surface area contributed by atoms with E-state index in [2.05, 4.69) is 186 Å². The molecule has 298 valence electrons. The van der Waals surface area contributed by atoms with Gasteiger partial charge in [0.15, 0.2) is 0 Å². The van der Waals surface area contributed by atoms with Gasteiger partial charge in [-0.05, 0) is 82.2 Å². The topological polar surface area (TPSA) is 72.3 Å². The van der Waals surface area contributed by atoms with Crippen molar-refractivity contribution in [3.8, 4) is 0 Å². The number of hydrogen-bond acceptors (Lipinski definition) is 5.